The Hall–Kier alpha value is -2.37. The van der Waals surface area contributed by atoms with Crippen molar-refractivity contribution >= 4 is 23.5 Å². The molecule has 0 spiro atoms. The van der Waals surface area contributed by atoms with Crippen molar-refractivity contribution in [1.29, 1.82) is 0 Å². The lowest BCUT2D eigenvalue weighted by Gasteiger charge is -2.14. The Morgan fingerprint density at radius 3 is 2.41 bits per heavy atom. The summed E-state index contributed by atoms with van der Waals surface area (Å²) in [5.41, 5.74) is -0.561. The molecule has 0 aliphatic carbocycles. The maximum absolute atomic E-state index is 11.4. The van der Waals surface area contributed by atoms with Gasteiger partial charge in [0.15, 0.2) is 0 Å². The van der Waals surface area contributed by atoms with Gasteiger partial charge in [-0.3, -0.25) is 4.79 Å². The van der Waals surface area contributed by atoms with E-state index in [1.807, 2.05) is 0 Å². The van der Waals surface area contributed by atoms with E-state index >= 15 is 0 Å². The second-order valence-electron chi connectivity index (χ2n) is 3.19. The summed E-state index contributed by atoms with van der Waals surface area (Å²) >= 11 is 0. The Bertz CT molecular complexity index is 481. The molecule has 0 saturated heterocycles. The predicted molar refractivity (Wildman–Crippen MR) is 56.4 cm³/mol. The van der Waals surface area contributed by atoms with E-state index in [1.54, 1.807) is 0 Å². The van der Waals surface area contributed by atoms with Crippen LogP contribution in [0.25, 0.3) is 0 Å². The van der Waals surface area contributed by atoms with Crippen LogP contribution in [0.2, 0.25) is 0 Å². The first-order valence-electron chi connectivity index (χ1n) is 4.67. The van der Waals surface area contributed by atoms with Crippen LogP contribution in [0.15, 0.2) is 18.2 Å². The number of aromatic carboxylic acids is 1. The van der Waals surface area contributed by atoms with Crippen LogP contribution >= 0.6 is 0 Å². The molecule has 0 radical (unpaired) electrons. The Labute approximate surface area is 97.2 Å². The minimum absolute atomic E-state index is 0.000370. The SMILES string of the molecule is COC(=O)c1cccc(NC(C)=O)c1C(=O)[O-]. The average Bonchev–Trinajstić information content (AvgIpc) is 2.26. The van der Waals surface area contributed by atoms with E-state index in [2.05, 4.69) is 10.1 Å². The maximum Gasteiger partial charge on any atom is 0.338 e. The van der Waals surface area contributed by atoms with Crippen LogP contribution < -0.4 is 10.4 Å². The molecule has 1 aromatic rings. The van der Waals surface area contributed by atoms with Gasteiger partial charge in [-0.25, -0.2) is 4.79 Å². The van der Waals surface area contributed by atoms with Gasteiger partial charge < -0.3 is 20.0 Å². The van der Waals surface area contributed by atoms with Crippen LogP contribution in [-0.2, 0) is 9.53 Å². The van der Waals surface area contributed by atoms with E-state index in [0.717, 1.165) is 7.11 Å². The third-order valence-electron chi connectivity index (χ3n) is 1.98. The monoisotopic (exact) mass is 236 g/mol. The molecule has 0 aromatic heterocycles. The fourth-order valence-electron chi connectivity index (χ4n) is 1.35. The second kappa shape index (κ2) is 5.11. The number of anilines is 1. The number of amides is 1. The number of carbonyl (C=O) groups is 3. The van der Waals surface area contributed by atoms with Gasteiger partial charge in [-0.1, -0.05) is 6.07 Å². The smallest absolute Gasteiger partial charge is 0.338 e. The average molecular weight is 236 g/mol. The van der Waals surface area contributed by atoms with Crippen LogP contribution in [0.5, 0.6) is 0 Å². The Balaban J connectivity index is 3.36. The van der Waals surface area contributed by atoms with Crippen molar-refractivity contribution in [3.8, 4) is 0 Å². The molecule has 1 aromatic carbocycles. The molecule has 90 valence electrons. The number of carboxylic acid groups (broad SMARTS) is 1. The second-order valence-corrected chi connectivity index (χ2v) is 3.19. The highest BCUT2D eigenvalue weighted by atomic mass is 16.5. The summed E-state index contributed by atoms with van der Waals surface area (Å²) < 4.78 is 4.44. The van der Waals surface area contributed by atoms with Gasteiger partial charge in [0.05, 0.1) is 24.3 Å². The van der Waals surface area contributed by atoms with Gasteiger partial charge in [0, 0.05) is 12.5 Å². The molecule has 6 heteroatoms. The number of rotatable bonds is 3. The van der Waals surface area contributed by atoms with Crippen molar-refractivity contribution < 1.29 is 24.2 Å². The van der Waals surface area contributed by atoms with Crippen LogP contribution in [-0.4, -0.2) is 25.0 Å². The van der Waals surface area contributed by atoms with Crippen molar-refractivity contribution in [2.45, 2.75) is 6.92 Å². The lowest BCUT2D eigenvalue weighted by atomic mass is 10.1. The number of carboxylic acids is 1. The quantitative estimate of drug-likeness (QED) is 0.733. The summed E-state index contributed by atoms with van der Waals surface area (Å²) in [4.78, 5) is 33.2. The lowest BCUT2D eigenvalue weighted by Crippen LogP contribution is -2.27. The van der Waals surface area contributed by atoms with Crippen LogP contribution in [0.1, 0.15) is 27.6 Å². The summed E-state index contributed by atoms with van der Waals surface area (Å²) in [6, 6.07) is 4.07. The van der Waals surface area contributed by atoms with Crippen molar-refractivity contribution in [2.24, 2.45) is 0 Å². The number of methoxy groups -OCH3 is 1. The summed E-state index contributed by atoms with van der Waals surface area (Å²) in [6.07, 6.45) is 0. The van der Waals surface area contributed by atoms with Gasteiger partial charge >= 0.3 is 5.97 Å². The summed E-state index contributed by atoms with van der Waals surface area (Å²) in [5, 5.41) is 13.3. The van der Waals surface area contributed by atoms with Gasteiger partial charge in [0.2, 0.25) is 5.91 Å². The van der Waals surface area contributed by atoms with E-state index in [1.165, 1.54) is 25.1 Å². The van der Waals surface area contributed by atoms with Crippen molar-refractivity contribution in [2.75, 3.05) is 12.4 Å². The van der Waals surface area contributed by atoms with Crippen molar-refractivity contribution in [1.82, 2.24) is 0 Å². The number of hydrogen-bond donors (Lipinski definition) is 1. The number of nitrogens with one attached hydrogen (secondary N) is 1. The van der Waals surface area contributed by atoms with Gasteiger partial charge in [0.1, 0.15) is 0 Å². The molecule has 1 amide bonds. The highest BCUT2D eigenvalue weighted by Crippen LogP contribution is 2.20. The standard InChI is InChI=1S/C11H11NO5/c1-6(13)12-8-5-3-4-7(11(16)17-2)9(8)10(14)15/h3-5H,1-2H3,(H,12,13)(H,14,15)/p-1. The maximum atomic E-state index is 11.4. The fourth-order valence-corrected chi connectivity index (χ4v) is 1.35. The first-order valence-corrected chi connectivity index (χ1v) is 4.67. The third kappa shape index (κ3) is 2.81. The molecule has 1 rings (SSSR count). The Morgan fingerprint density at radius 1 is 1.29 bits per heavy atom. The molecule has 0 fully saturated rings. The highest BCUT2D eigenvalue weighted by Gasteiger charge is 2.16. The lowest BCUT2D eigenvalue weighted by molar-refractivity contribution is -0.255. The molecular weight excluding hydrogens is 226 g/mol. The van der Waals surface area contributed by atoms with Crippen molar-refractivity contribution in [3.63, 3.8) is 0 Å². The fraction of sp³-hybridized carbons (Fsp3) is 0.182. The number of ether oxygens (including phenoxy) is 1. The zero-order valence-electron chi connectivity index (χ0n) is 9.27. The van der Waals surface area contributed by atoms with Crippen molar-refractivity contribution in [3.05, 3.63) is 29.3 Å². The molecule has 0 heterocycles. The van der Waals surface area contributed by atoms with E-state index in [0.29, 0.717) is 0 Å². The molecule has 0 bridgehead atoms. The van der Waals surface area contributed by atoms with Gasteiger partial charge in [-0.15, -0.1) is 0 Å². The molecule has 0 saturated carbocycles. The number of hydrogen-bond acceptors (Lipinski definition) is 5. The number of esters is 1. The number of benzene rings is 1. The van der Waals surface area contributed by atoms with Crippen LogP contribution in [0, 0.1) is 0 Å². The zero-order valence-corrected chi connectivity index (χ0v) is 9.27. The summed E-state index contributed by atoms with van der Waals surface area (Å²) in [7, 11) is 1.13. The van der Waals surface area contributed by atoms with Gasteiger partial charge in [-0.2, -0.15) is 0 Å². The first kappa shape index (κ1) is 12.7. The van der Waals surface area contributed by atoms with E-state index < -0.39 is 23.4 Å². The summed E-state index contributed by atoms with van der Waals surface area (Å²) in [6.45, 7) is 1.23. The molecular formula is C11H10NO5-. The predicted octanol–water partition coefficient (Wildman–Crippen LogP) is -0.205. The van der Waals surface area contributed by atoms with E-state index in [9.17, 15) is 19.5 Å². The largest absolute Gasteiger partial charge is 0.545 e. The van der Waals surface area contributed by atoms with Gasteiger partial charge in [0.25, 0.3) is 0 Å². The normalized spacial score (nSPS) is 9.53. The van der Waals surface area contributed by atoms with Crippen LogP contribution in [0.4, 0.5) is 5.69 Å². The molecule has 0 aliphatic rings. The van der Waals surface area contributed by atoms with Gasteiger partial charge in [-0.05, 0) is 12.1 Å². The van der Waals surface area contributed by atoms with E-state index in [4.69, 9.17) is 0 Å². The van der Waals surface area contributed by atoms with E-state index in [-0.39, 0.29) is 11.3 Å². The minimum Gasteiger partial charge on any atom is -0.545 e. The Morgan fingerprint density at radius 2 is 1.94 bits per heavy atom. The number of carbonyl (C=O) groups excluding carboxylic acids is 3. The minimum atomic E-state index is -1.56. The highest BCUT2D eigenvalue weighted by molar-refractivity contribution is 6.07. The molecule has 6 nitrogen and oxygen atoms in total. The van der Waals surface area contributed by atoms with Crippen LogP contribution in [0.3, 0.4) is 0 Å². The molecule has 0 unspecified atom stereocenters. The molecule has 0 aliphatic heterocycles. The molecule has 17 heavy (non-hydrogen) atoms. The topological polar surface area (TPSA) is 95.5 Å². The zero-order chi connectivity index (χ0) is 13.0. The summed E-state index contributed by atoms with van der Waals surface area (Å²) in [5.74, 6) is -2.82. The molecule has 0 atom stereocenters. The first-order chi connectivity index (χ1) is 7.97. The molecule has 1 N–H and O–H groups in total. The third-order valence-corrected chi connectivity index (χ3v) is 1.98. The Kier molecular flexibility index (Phi) is 3.82.